The van der Waals surface area contributed by atoms with Crippen LogP contribution in [0.1, 0.15) is 73.4 Å². The number of aliphatic hydroxyl groups excluding tert-OH is 2. The van der Waals surface area contributed by atoms with Crippen LogP contribution in [0, 0.1) is 0 Å². The van der Waals surface area contributed by atoms with Gasteiger partial charge in [-0.2, -0.15) is 0 Å². The van der Waals surface area contributed by atoms with E-state index < -0.39 is 12.4 Å². The van der Waals surface area contributed by atoms with E-state index in [0.29, 0.717) is 36.4 Å². The van der Waals surface area contributed by atoms with Gasteiger partial charge in [-0.25, -0.2) is 0 Å². The van der Waals surface area contributed by atoms with Crippen molar-refractivity contribution in [3.05, 3.63) is 125 Å². The lowest BCUT2D eigenvalue weighted by Crippen LogP contribution is -2.43. The summed E-state index contributed by atoms with van der Waals surface area (Å²) in [5.74, 6) is -0.386. The molecule has 0 unspecified atom stereocenters. The molecular formula is C39H46N4O6. The molecule has 6 N–H and O–H groups in total. The van der Waals surface area contributed by atoms with Gasteiger partial charge in [0, 0.05) is 43.1 Å². The standard InChI is InChI=1S/C39H46N4O6/c1-26(38(47)29-9-4-3-5-10-29)43(2)24-32-23-35(28-17-15-27(25-44)16-18-28)49-39(48-32)30-19-21-31(22-20-30)41-36(45)13-8-14-37(46)42-34-12-7-6-11-33(34)40/h3-7,9-12,15-22,26,32,35,38-39,44,47H,8,13-14,23-25,40H2,1-2H3,(H,41,45)(H,42,46)/t26-,32+,35-,38-,39-/m0/s1. The number of nitrogen functional groups attached to an aromatic ring is 1. The number of amides is 2. The van der Waals surface area contributed by atoms with Gasteiger partial charge in [0.1, 0.15) is 0 Å². The molecule has 5 rings (SSSR count). The highest BCUT2D eigenvalue weighted by atomic mass is 16.7. The molecule has 2 amide bonds. The van der Waals surface area contributed by atoms with E-state index in [0.717, 1.165) is 22.3 Å². The van der Waals surface area contributed by atoms with Gasteiger partial charge in [0.15, 0.2) is 6.29 Å². The summed E-state index contributed by atoms with van der Waals surface area (Å²) < 4.78 is 13.0. The van der Waals surface area contributed by atoms with Crippen LogP contribution in [0.15, 0.2) is 103 Å². The maximum Gasteiger partial charge on any atom is 0.224 e. The number of hydrogen-bond donors (Lipinski definition) is 5. The van der Waals surface area contributed by atoms with Crippen molar-refractivity contribution in [1.82, 2.24) is 4.90 Å². The van der Waals surface area contributed by atoms with E-state index in [4.69, 9.17) is 15.2 Å². The summed E-state index contributed by atoms with van der Waals surface area (Å²) in [7, 11) is 1.98. The Labute approximate surface area is 287 Å². The number of anilines is 3. The van der Waals surface area contributed by atoms with Gasteiger partial charge >= 0.3 is 0 Å². The summed E-state index contributed by atoms with van der Waals surface area (Å²) >= 11 is 0. The van der Waals surface area contributed by atoms with Crippen LogP contribution >= 0.6 is 0 Å². The number of para-hydroxylation sites is 2. The summed E-state index contributed by atoms with van der Waals surface area (Å²) in [6.45, 7) is 2.54. The van der Waals surface area contributed by atoms with E-state index in [1.807, 2.05) is 92.8 Å². The molecule has 0 bridgehead atoms. The monoisotopic (exact) mass is 666 g/mol. The molecule has 258 valence electrons. The first-order chi connectivity index (χ1) is 23.7. The summed E-state index contributed by atoms with van der Waals surface area (Å²) in [6, 6.07) is 31.6. The second-order valence-corrected chi connectivity index (χ2v) is 12.5. The Morgan fingerprint density at radius 1 is 0.857 bits per heavy atom. The number of rotatable bonds is 14. The first-order valence-corrected chi connectivity index (χ1v) is 16.7. The van der Waals surface area contributed by atoms with Crippen molar-refractivity contribution in [3.63, 3.8) is 0 Å². The van der Waals surface area contributed by atoms with E-state index in [9.17, 15) is 19.8 Å². The topological polar surface area (TPSA) is 146 Å². The normalized spacial score (nSPS) is 18.8. The average Bonchev–Trinajstić information content (AvgIpc) is 3.12. The Balaban J connectivity index is 1.19. The Hall–Kier alpha value is -4.58. The molecule has 10 nitrogen and oxygen atoms in total. The molecule has 1 aliphatic rings. The number of aliphatic hydroxyl groups is 2. The van der Waals surface area contributed by atoms with Crippen molar-refractivity contribution in [3.8, 4) is 0 Å². The molecule has 49 heavy (non-hydrogen) atoms. The fourth-order valence-electron chi connectivity index (χ4n) is 5.87. The molecule has 0 spiro atoms. The number of carbonyl (C=O) groups excluding carboxylic acids is 2. The SMILES string of the molecule is C[C@@H]([C@H](O)c1ccccc1)N(C)C[C@H]1C[C@@H](c2ccc(CO)cc2)O[C@@H](c2ccc(NC(=O)CCCC(=O)Nc3ccccc3N)cc2)O1. The summed E-state index contributed by atoms with van der Waals surface area (Å²) in [5.41, 5.74) is 11.0. The second kappa shape index (κ2) is 17.2. The zero-order valence-electron chi connectivity index (χ0n) is 28.0. The molecule has 5 atom stereocenters. The summed E-state index contributed by atoms with van der Waals surface area (Å²) in [6.07, 6.45) is -0.384. The van der Waals surface area contributed by atoms with Crippen LogP contribution < -0.4 is 16.4 Å². The molecule has 10 heteroatoms. The zero-order valence-corrected chi connectivity index (χ0v) is 28.0. The molecule has 1 fully saturated rings. The molecule has 1 heterocycles. The maximum absolute atomic E-state index is 12.6. The number of benzene rings is 4. The lowest BCUT2D eigenvalue weighted by Gasteiger charge is -2.39. The molecule has 0 aliphatic carbocycles. The molecular weight excluding hydrogens is 620 g/mol. The van der Waals surface area contributed by atoms with Crippen LogP contribution in [0.25, 0.3) is 0 Å². The number of ether oxygens (including phenoxy) is 2. The minimum absolute atomic E-state index is 0.0331. The second-order valence-electron chi connectivity index (χ2n) is 12.5. The lowest BCUT2D eigenvalue weighted by molar-refractivity contribution is -0.253. The predicted molar refractivity (Wildman–Crippen MR) is 190 cm³/mol. The number of nitrogens with one attached hydrogen (secondary N) is 2. The Bertz CT molecular complexity index is 1650. The van der Waals surface area contributed by atoms with Crippen molar-refractivity contribution < 1.29 is 29.3 Å². The van der Waals surface area contributed by atoms with E-state index in [2.05, 4.69) is 15.5 Å². The third kappa shape index (κ3) is 9.97. The molecule has 4 aromatic carbocycles. The van der Waals surface area contributed by atoms with E-state index in [1.54, 1.807) is 24.3 Å². The smallest absolute Gasteiger partial charge is 0.224 e. The van der Waals surface area contributed by atoms with Gasteiger partial charge in [-0.05, 0) is 61.3 Å². The van der Waals surface area contributed by atoms with Gasteiger partial charge in [-0.3, -0.25) is 14.5 Å². The number of carbonyl (C=O) groups is 2. The third-order valence-electron chi connectivity index (χ3n) is 8.91. The molecule has 1 aliphatic heterocycles. The van der Waals surface area contributed by atoms with Crippen LogP contribution in [0.4, 0.5) is 17.1 Å². The first kappa shape index (κ1) is 35.7. The lowest BCUT2D eigenvalue weighted by atomic mass is 9.98. The minimum atomic E-state index is -0.661. The van der Waals surface area contributed by atoms with Crippen LogP contribution in [0.5, 0.6) is 0 Å². The minimum Gasteiger partial charge on any atom is -0.397 e. The molecule has 0 aromatic heterocycles. The van der Waals surface area contributed by atoms with Crippen LogP contribution in [0.2, 0.25) is 0 Å². The number of hydrogen-bond acceptors (Lipinski definition) is 8. The highest BCUT2D eigenvalue weighted by Crippen LogP contribution is 2.38. The molecule has 0 saturated carbocycles. The number of nitrogens with zero attached hydrogens (tertiary/aromatic N) is 1. The van der Waals surface area contributed by atoms with E-state index in [1.165, 1.54) is 0 Å². The van der Waals surface area contributed by atoms with Crippen molar-refractivity contribution in [2.24, 2.45) is 0 Å². The molecule has 0 radical (unpaired) electrons. The Morgan fingerprint density at radius 2 is 1.49 bits per heavy atom. The van der Waals surface area contributed by atoms with Crippen LogP contribution in [-0.4, -0.2) is 52.7 Å². The highest BCUT2D eigenvalue weighted by Gasteiger charge is 2.34. The summed E-state index contributed by atoms with van der Waals surface area (Å²) in [5, 5.41) is 26.2. The largest absolute Gasteiger partial charge is 0.397 e. The van der Waals surface area contributed by atoms with Crippen LogP contribution in [0.3, 0.4) is 0 Å². The fraction of sp³-hybridized carbons (Fsp3) is 0.333. The van der Waals surface area contributed by atoms with E-state index >= 15 is 0 Å². The quantitative estimate of drug-likeness (QED) is 0.101. The zero-order chi connectivity index (χ0) is 34.8. The van der Waals surface area contributed by atoms with Gasteiger partial charge < -0.3 is 36.1 Å². The van der Waals surface area contributed by atoms with Gasteiger partial charge in [-0.1, -0.05) is 78.9 Å². The van der Waals surface area contributed by atoms with Crippen molar-refractivity contribution >= 4 is 28.9 Å². The van der Waals surface area contributed by atoms with Crippen molar-refractivity contribution in [2.75, 3.05) is 30.0 Å². The van der Waals surface area contributed by atoms with Crippen molar-refractivity contribution in [1.29, 1.82) is 0 Å². The predicted octanol–water partition coefficient (Wildman–Crippen LogP) is 6.11. The maximum atomic E-state index is 12.6. The summed E-state index contributed by atoms with van der Waals surface area (Å²) in [4.78, 5) is 27.0. The van der Waals surface area contributed by atoms with Gasteiger partial charge in [-0.15, -0.1) is 0 Å². The first-order valence-electron chi connectivity index (χ1n) is 16.7. The molecule has 4 aromatic rings. The third-order valence-corrected chi connectivity index (χ3v) is 8.91. The van der Waals surface area contributed by atoms with Crippen molar-refractivity contribution in [2.45, 2.75) is 69.9 Å². The van der Waals surface area contributed by atoms with Crippen LogP contribution in [-0.2, 0) is 25.7 Å². The Morgan fingerprint density at radius 3 is 2.16 bits per heavy atom. The van der Waals surface area contributed by atoms with Gasteiger partial charge in [0.25, 0.3) is 0 Å². The Kier molecular flexibility index (Phi) is 12.5. The number of nitrogens with two attached hydrogens (primary N) is 1. The molecule has 1 saturated heterocycles. The van der Waals surface area contributed by atoms with E-state index in [-0.39, 0.29) is 49.5 Å². The average molecular weight is 667 g/mol. The van der Waals surface area contributed by atoms with Gasteiger partial charge in [0.05, 0.1) is 36.3 Å². The fourth-order valence-corrected chi connectivity index (χ4v) is 5.87. The number of likely N-dealkylation sites (N-methyl/N-ethyl adjacent to an activating group) is 1. The van der Waals surface area contributed by atoms with Gasteiger partial charge in [0.2, 0.25) is 11.8 Å². The highest BCUT2D eigenvalue weighted by molar-refractivity contribution is 5.94.